The SMILES string of the molecule is O=C(NC1CCC(n2nnc(-c3ccccc3)n2)CC1)[C@H]1CCCCN1. The van der Waals surface area contributed by atoms with Crippen LogP contribution in [0.4, 0.5) is 0 Å². The molecule has 1 aliphatic heterocycles. The van der Waals surface area contributed by atoms with E-state index in [2.05, 4.69) is 26.0 Å². The average molecular weight is 354 g/mol. The summed E-state index contributed by atoms with van der Waals surface area (Å²) >= 11 is 0. The molecule has 2 N–H and O–H groups in total. The van der Waals surface area contributed by atoms with Crippen molar-refractivity contribution in [2.45, 2.75) is 63.1 Å². The number of nitrogens with zero attached hydrogens (tertiary/aromatic N) is 4. The van der Waals surface area contributed by atoms with Crippen LogP contribution in [0.15, 0.2) is 30.3 Å². The van der Waals surface area contributed by atoms with E-state index in [1.165, 1.54) is 6.42 Å². The molecule has 2 aliphatic rings. The van der Waals surface area contributed by atoms with Gasteiger partial charge in [0, 0.05) is 11.6 Å². The number of aromatic nitrogens is 4. The van der Waals surface area contributed by atoms with Crippen LogP contribution < -0.4 is 10.6 Å². The van der Waals surface area contributed by atoms with Gasteiger partial charge < -0.3 is 10.6 Å². The van der Waals surface area contributed by atoms with E-state index in [0.29, 0.717) is 5.82 Å². The number of hydrogen-bond acceptors (Lipinski definition) is 5. The van der Waals surface area contributed by atoms with Crippen molar-refractivity contribution in [2.24, 2.45) is 0 Å². The molecule has 1 saturated heterocycles. The summed E-state index contributed by atoms with van der Waals surface area (Å²) in [6.45, 7) is 0.951. The maximum absolute atomic E-state index is 12.4. The number of piperidine rings is 1. The summed E-state index contributed by atoms with van der Waals surface area (Å²) in [6, 6.07) is 10.4. The number of tetrazole rings is 1. The van der Waals surface area contributed by atoms with Gasteiger partial charge in [0.15, 0.2) is 0 Å². The monoisotopic (exact) mass is 354 g/mol. The van der Waals surface area contributed by atoms with E-state index in [9.17, 15) is 4.79 Å². The van der Waals surface area contributed by atoms with Gasteiger partial charge in [-0.15, -0.1) is 10.2 Å². The van der Waals surface area contributed by atoms with Crippen molar-refractivity contribution in [2.75, 3.05) is 6.54 Å². The minimum atomic E-state index is -0.00751. The zero-order valence-corrected chi connectivity index (χ0v) is 15.0. The Morgan fingerprint density at radius 2 is 1.88 bits per heavy atom. The minimum Gasteiger partial charge on any atom is -0.352 e. The van der Waals surface area contributed by atoms with Crippen molar-refractivity contribution >= 4 is 5.91 Å². The Morgan fingerprint density at radius 3 is 2.62 bits per heavy atom. The highest BCUT2D eigenvalue weighted by molar-refractivity contribution is 5.82. The Morgan fingerprint density at radius 1 is 1.08 bits per heavy atom. The maximum atomic E-state index is 12.4. The van der Waals surface area contributed by atoms with Crippen molar-refractivity contribution < 1.29 is 4.79 Å². The molecule has 1 amide bonds. The van der Waals surface area contributed by atoms with E-state index in [4.69, 9.17) is 0 Å². The molecule has 1 aromatic carbocycles. The Bertz CT molecular complexity index is 717. The van der Waals surface area contributed by atoms with Gasteiger partial charge in [-0.05, 0) is 50.3 Å². The second-order valence-electron chi connectivity index (χ2n) is 7.32. The van der Waals surface area contributed by atoms with Crippen LogP contribution in [0.2, 0.25) is 0 Å². The lowest BCUT2D eigenvalue weighted by molar-refractivity contribution is -0.124. The molecule has 2 aromatic rings. The number of rotatable bonds is 4. The first-order valence-corrected chi connectivity index (χ1v) is 9.68. The Hall–Kier alpha value is -2.28. The molecular weight excluding hydrogens is 328 g/mol. The zero-order valence-electron chi connectivity index (χ0n) is 15.0. The van der Waals surface area contributed by atoms with E-state index in [1.807, 2.05) is 30.3 Å². The van der Waals surface area contributed by atoms with Crippen LogP contribution in [-0.4, -0.2) is 44.7 Å². The maximum Gasteiger partial charge on any atom is 0.237 e. The molecule has 138 valence electrons. The second kappa shape index (κ2) is 7.95. The molecule has 7 heteroatoms. The third-order valence-electron chi connectivity index (χ3n) is 5.46. The Kier molecular flexibility index (Phi) is 5.24. The van der Waals surface area contributed by atoms with Crippen LogP contribution in [0.25, 0.3) is 11.4 Å². The number of carbonyl (C=O) groups excluding carboxylic acids is 1. The van der Waals surface area contributed by atoms with E-state index in [1.54, 1.807) is 4.80 Å². The standard InChI is InChI=1S/C19H26N6O/c26-19(17-8-4-5-13-20-17)21-15-9-11-16(12-10-15)25-23-18(22-24-25)14-6-2-1-3-7-14/h1-3,6-7,15-17,20H,4-5,8-13H2,(H,21,26)/t15?,16?,17-/m1/s1. The summed E-state index contributed by atoms with van der Waals surface area (Å²) in [5, 5.41) is 19.6. The summed E-state index contributed by atoms with van der Waals surface area (Å²) in [6.07, 6.45) is 7.12. The van der Waals surface area contributed by atoms with Gasteiger partial charge in [0.2, 0.25) is 11.7 Å². The molecule has 2 fully saturated rings. The minimum absolute atomic E-state index is 0.00751. The highest BCUT2D eigenvalue weighted by atomic mass is 16.2. The second-order valence-corrected chi connectivity index (χ2v) is 7.32. The molecule has 0 spiro atoms. The zero-order chi connectivity index (χ0) is 17.8. The van der Waals surface area contributed by atoms with Gasteiger partial charge in [-0.2, -0.15) is 4.80 Å². The van der Waals surface area contributed by atoms with Gasteiger partial charge in [0.1, 0.15) is 0 Å². The van der Waals surface area contributed by atoms with Crippen molar-refractivity contribution in [1.82, 2.24) is 30.8 Å². The highest BCUT2D eigenvalue weighted by Gasteiger charge is 2.28. The van der Waals surface area contributed by atoms with E-state index in [0.717, 1.165) is 50.6 Å². The normalized spacial score (nSPS) is 26.4. The fourth-order valence-corrected chi connectivity index (χ4v) is 3.91. The van der Waals surface area contributed by atoms with Crippen LogP contribution in [0.5, 0.6) is 0 Å². The summed E-state index contributed by atoms with van der Waals surface area (Å²) in [4.78, 5) is 14.1. The Labute approximate surface area is 153 Å². The number of nitrogens with one attached hydrogen (secondary N) is 2. The lowest BCUT2D eigenvalue weighted by atomic mass is 9.91. The lowest BCUT2D eigenvalue weighted by Crippen LogP contribution is -2.50. The van der Waals surface area contributed by atoms with Crippen LogP contribution in [0, 0.1) is 0 Å². The third kappa shape index (κ3) is 3.93. The lowest BCUT2D eigenvalue weighted by Gasteiger charge is -2.30. The van der Waals surface area contributed by atoms with E-state index < -0.39 is 0 Å². The summed E-state index contributed by atoms with van der Waals surface area (Å²) < 4.78 is 0. The fraction of sp³-hybridized carbons (Fsp3) is 0.579. The molecule has 2 heterocycles. The highest BCUT2D eigenvalue weighted by Crippen LogP contribution is 2.28. The Balaban J connectivity index is 1.30. The molecule has 26 heavy (non-hydrogen) atoms. The van der Waals surface area contributed by atoms with Crippen LogP contribution >= 0.6 is 0 Å². The quantitative estimate of drug-likeness (QED) is 0.878. The molecular formula is C19H26N6O. The molecule has 1 aliphatic carbocycles. The molecule has 7 nitrogen and oxygen atoms in total. The molecule has 0 radical (unpaired) electrons. The third-order valence-corrected chi connectivity index (χ3v) is 5.46. The topological polar surface area (TPSA) is 84.7 Å². The van der Waals surface area contributed by atoms with Crippen molar-refractivity contribution in [1.29, 1.82) is 0 Å². The first-order valence-electron chi connectivity index (χ1n) is 9.68. The predicted octanol–water partition coefficient (Wildman–Crippen LogP) is 2.08. The number of hydrogen-bond donors (Lipinski definition) is 2. The van der Waals surface area contributed by atoms with Gasteiger partial charge in [-0.3, -0.25) is 4.79 Å². The molecule has 1 atom stereocenters. The van der Waals surface area contributed by atoms with Gasteiger partial charge in [-0.25, -0.2) is 0 Å². The molecule has 1 aromatic heterocycles. The summed E-state index contributed by atoms with van der Waals surface area (Å²) in [5.41, 5.74) is 0.986. The van der Waals surface area contributed by atoms with Gasteiger partial charge in [0.05, 0.1) is 12.1 Å². The van der Waals surface area contributed by atoms with Crippen LogP contribution in [0.1, 0.15) is 51.0 Å². The van der Waals surface area contributed by atoms with Gasteiger partial charge in [-0.1, -0.05) is 36.8 Å². The first kappa shape index (κ1) is 17.1. The van der Waals surface area contributed by atoms with E-state index in [-0.39, 0.29) is 24.0 Å². The number of carbonyl (C=O) groups is 1. The summed E-state index contributed by atoms with van der Waals surface area (Å²) in [7, 11) is 0. The molecule has 1 saturated carbocycles. The molecule has 4 rings (SSSR count). The summed E-state index contributed by atoms with van der Waals surface area (Å²) in [5.74, 6) is 0.836. The smallest absolute Gasteiger partial charge is 0.237 e. The van der Waals surface area contributed by atoms with Crippen molar-refractivity contribution in [3.8, 4) is 11.4 Å². The van der Waals surface area contributed by atoms with Crippen LogP contribution in [0.3, 0.4) is 0 Å². The average Bonchev–Trinajstić information content (AvgIpc) is 3.20. The molecule has 0 unspecified atom stereocenters. The molecule has 0 bridgehead atoms. The first-order chi connectivity index (χ1) is 12.8. The largest absolute Gasteiger partial charge is 0.352 e. The van der Waals surface area contributed by atoms with Crippen molar-refractivity contribution in [3.05, 3.63) is 30.3 Å². The fourth-order valence-electron chi connectivity index (χ4n) is 3.91. The number of benzene rings is 1. The van der Waals surface area contributed by atoms with Gasteiger partial charge >= 0.3 is 0 Å². The van der Waals surface area contributed by atoms with E-state index >= 15 is 0 Å². The number of amides is 1. The predicted molar refractivity (Wildman–Crippen MR) is 98.3 cm³/mol. The van der Waals surface area contributed by atoms with Crippen molar-refractivity contribution in [3.63, 3.8) is 0 Å². The van der Waals surface area contributed by atoms with Gasteiger partial charge in [0.25, 0.3) is 0 Å². The van der Waals surface area contributed by atoms with Crippen LogP contribution in [-0.2, 0) is 4.79 Å².